The van der Waals surface area contributed by atoms with Crippen molar-refractivity contribution in [3.05, 3.63) is 89.9 Å². The molecule has 0 saturated heterocycles. The zero-order chi connectivity index (χ0) is 35.3. The third-order valence-corrected chi connectivity index (χ3v) is 7.81. The van der Waals surface area contributed by atoms with E-state index >= 15 is 0 Å². The first-order valence-corrected chi connectivity index (χ1v) is 16.2. The zero-order valence-corrected chi connectivity index (χ0v) is 28.5. The molecule has 1 atom stereocenters. The van der Waals surface area contributed by atoms with Gasteiger partial charge in [0.25, 0.3) is 5.91 Å². The second-order valence-electron chi connectivity index (χ2n) is 13.3. The molecule has 2 heterocycles. The highest BCUT2D eigenvalue weighted by molar-refractivity contribution is 6.02. The third-order valence-electron chi connectivity index (χ3n) is 7.81. The number of nitrogens with zero attached hydrogens (tertiary/aromatic N) is 1. The van der Waals surface area contributed by atoms with Gasteiger partial charge < -0.3 is 35.4 Å². The van der Waals surface area contributed by atoms with E-state index in [1.54, 1.807) is 41.5 Å². The second kappa shape index (κ2) is 14.2. The molecule has 3 amide bonds. The summed E-state index contributed by atoms with van der Waals surface area (Å²) in [6, 6.07) is 21.1. The van der Waals surface area contributed by atoms with Gasteiger partial charge in [0.05, 0.1) is 12.8 Å². The summed E-state index contributed by atoms with van der Waals surface area (Å²) < 4.78 is 10.7. The minimum absolute atomic E-state index is 0.0740. The van der Waals surface area contributed by atoms with Crippen LogP contribution in [0.5, 0.6) is 0 Å². The van der Waals surface area contributed by atoms with Crippen LogP contribution in [0.2, 0.25) is 0 Å². The Morgan fingerprint density at radius 2 is 1.59 bits per heavy atom. The summed E-state index contributed by atoms with van der Waals surface area (Å²) in [5.74, 6) is -0.948. The molecular formula is C37H42N6O6. The maximum absolute atomic E-state index is 13.3. The van der Waals surface area contributed by atoms with Crippen molar-refractivity contribution < 1.29 is 28.7 Å². The molecule has 256 valence electrons. The number of ether oxygens (including phenoxy) is 2. The molecule has 12 nitrogen and oxygen atoms in total. The van der Waals surface area contributed by atoms with Crippen molar-refractivity contribution >= 4 is 57.2 Å². The first kappa shape index (κ1) is 34.7. The number of imidazole rings is 1. The summed E-state index contributed by atoms with van der Waals surface area (Å²) >= 11 is 0. The zero-order valence-electron chi connectivity index (χ0n) is 28.5. The number of H-pyrrole nitrogens is 2. The van der Waals surface area contributed by atoms with E-state index in [9.17, 15) is 19.2 Å². The number of fused-ring (bicyclic) bond motifs is 2. The van der Waals surface area contributed by atoms with Gasteiger partial charge >= 0.3 is 12.1 Å². The number of alkyl carbamates (subject to hydrolysis) is 1. The highest BCUT2D eigenvalue weighted by Gasteiger charge is 2.33. The largest absolute Gasteiger partial charge is 0.465 e. The van der Waals surface area contributed by atoms with Crippen LogP contribution in [0.25, 0.3) is 21.7 Å². The average Bonchev–Trinajstić information content (AvgIpc) is 3.62. The fourth-order valence-electron chi connectivity index (χ4n) is 5.47. The van der Waals surface area contributed by atoms with Crippen molar-refractivity contribution in [2.75, 3.05) is 17.2 Å². The van der Waals surface area contributed by atoms with E-state index in [-0.39, 0.29) is 25.4 Å². The number of hydrogen-bond acceptors (Lipinski definition) is 7. The van der Waals surface area contributed by atoms with E-state index in [2.05, 4.69) is 30.9 Å². The highest BCUT2D eigenvalue weighted by atomic mass is 16.6. The molecule has 0 bridgehead atoms. The van der Waals surface area contributed by atoms with Crippen LogP contribution >= 0.6 is 0 Å². The number of para-hydroxylation sites is 1. The molecule has 0 radical (unpaired) electrons. The lowest BCUT2D eigenvalue weighted by molar-refractivity contribution is -0.144. The molecule has 5 aromatic rings. The SMILES string of the molecule is CCOC(=O)C(c1ccc2ccccc2c1)c1ncc(NC(=O)CCc2c(NC(=O)C(C)(C)NC(=O)OC(C)(C)C)[nH]c3ccccc23)[nH]1. The predicted molar refractivity (Wildman–Crippen MR) is 188 cm³/mol. The third kappa shape index (κ3) is 8.45. The van der Waals surface area contributed by atoms with Crippen LogP contribution in [0.3, 0.4) is 0 Å². The number of benzene rings is 3. The van der Waals surface area contributed by atoms with E-state index in [0.717, 1.165) is 27.2 Å². The molecule has 5 rings (SSSR count). The van der Waals surface area contributed by atoms with Gasteiger partial charge in [-0.2, -0.15) is 0 Å². The number of rotatable bonds is 11. The van der Waals surface area contributed by atoms with Gasteiger partial charge in [-0.15, -0.1) is 0 Å². The summed E-state index contributed by atoms with van der Waals surface area (Å²) in [5, 5.41) is 11.2. The molecule has 3 aromatic carbocycles. The summed E-state index contributed by atoms with van der Waals surface area (Å²) in [7, 11) is 0. The summed E-state index contributed by atoms with van der Waals surface area (Å²) in [5.41, 5.74) is 0.196. The first-order valence-electron chi connectivity index (χ1n) is 16.2. The Morgan fingerprint density at radius 1 is 0.878 bits per heavy atom. The molecule has 0 aliphatic rings. The van der Waals surface area contributed by atoms with E-state index in [1.807, 2.05) is 66.7 Å². The molecular weight excluding hydrogens is 624 g/mol. The van der Waals surface area contributed by atoms with E-state index < -0.39 is 35.0 Å². The summed E-state index contributed by atoms with van der Waals surface area (Å²) in [6.07, 6.45) is 1.12. The smallest absolute Gasteiger partial charge is 0.408 e. The number of carbonyl (C=O) groups excluding carboxylic acids is 4. The van der Waals surface area contributed by atoms with Crippen molar-refractivity contribution in [3.8, 4) is 0 Å². The minimum atomic E-state index is -1.30. The fourth-order valence-corrected chi connectivity index (χ4v) is 5.47. The van der Waals surface area contributed by atoms with Gasteiger partial charge in [-0.1, -0.05) is 54.6 Å². The van der Waals surface area contributed by atoms with Gasteiger partial charge in [0.2, 0.25) is 5.91 Å². The van der Waals surface area contributed by atoms with Crippen molar-refractivity contribution in [3.63, 3.8) is 0 Å². The average molecular weight is 667 g/mol. The van der Waals surface area contributed by atoms with E-state index in [1.165, 1.54) is 6.20 Å². The Labute approximate surface area is 284 Å². The number of nitrogens with one attached hydrogen (secondary N) is 5. The van der Waals surface area contributed by atoms with Crippen molar-refractivity contribution in [1.29, 1.82) is 0 Å². The molecule has 0 fully saturated rings. The molecule has 0 aliphatic carbocycles. The first-order chi connectivity index (χ1) is 23.2. The lowest BCUT2D eigenvalue weighted by Crippen LogP contribution is -2.53. The van der Waals surface area contributed by atoms with Crippen molar-refractivity contribution in [2.45, 2.75) is 71.4 Å². The standard InChI is InChI=1S/C37H42N6O6/c1-7-48-33(45)30(24-17-16-22-12-8-9-13-23(22)20-24)32-38-21-28(41-32)40-29(44)19-18-26-25-14-10-11-15-27(25)39-31(26)42-34(46)37(5,6)43-35(47)49-36(2,3)4/h8-17,20-21,30,39H,7,18-19H2,1-6H3,(H,38,41)(H,40,44)(H,42,46)(H,43,47). The molecule has 5 N–H and O–H groups in total. The molecule has 49 heavy (non-hydrogen) atoms. The number of aryl methyl sites for hydroxylation is 1. The number of amides is 3. The Kier molecular flexibility index (Phi) is 10.1. The van der Waals surface area contributed by atoms with Gasteiger partial charge in [-0.3, -0.25) is 14.4 Å². The monoisotopic (exact) mass is 666 g/mol. The number of carbonyl (C=O) groups is 4. The van der Waals surface area contributed by atoms with Crippen LogP contribution in [0, 0.1) is 0 Å². The molecule has 1 unspecified atom stereocenters. The topological polar surface area (TPSA) is 167 Å². The number of esters is 1. The molecule has 0 spiro atoms. The lowest BCUT2D eigenvalue weighted by atomic mass is 9.95. The van der Waals surface area contributed by atoms with Crippen molar-refractivity contribution in [2.24, 2.45) is 0 Å². The van der Waals surface area contributed by atoms with Crippen LogP contribution in [0.1, 0.15) is 70.8 Å². The summed E-state index contributed by atoms with van der Waals surface area (Å²) in [6.45, 7) is 10.3. The fraction of sp³-hybridized carbons (Fsp3) is 0.324. The Balaban J connectivity index is 1.29. The lowest BCUT2D eigenvalue weighted by Gasteiger charge is -2.27. The Hall–Kier alpha value is -5.65. The Bertz CT molecular complexity index is 2000. The van der Waals surface area contributed by atoms with Gasteiger partial charge in [-0.05, 0) is 76.4 Å². The summed E-state index contributed by atoms with van der Waals surface area (Å²) in [4.78, 5) is 62.8. The second-order valence-corrected chi connectivity index (χ2v) is 13.3. The van der Waals surface area contributed by atoms with Gasteiger partial charge in [-0.25, -0.2) is 9.78 Å². The van der Waals surface area contributed by atoms with Crippen LogP contribution in [-0.2, 0) is 30.3 Å². The normalized spacial score (nSPS) is 12.4. The van der Waals surface area contributed by atoms with Crippen LogP contribution in [0.4, 0.5) is 16.4 Å². The van der Waals surface area contributed by atoms with Gasteiger partial charge in [0, 0.05) is 22.9 Å². The number of anilines is 2. The quantitative estimate of drug-likeness (QED) is 0.0996. The molecule has 12 heteroatoms. The number of aromatic amines is 2. The number of hydrogen-bond donors (Lipinski definition) is 5. The highest BCUT2D eigenvalue weighted by Crippen LogP contribution is 2.30. The van der Waals surface area contributed by atoms with Crippen LogP contribution in [-0.4, -0.2) is 56.6 Å². The predicted octanol–water partition coefficient (Wildman–Crippen LogP) is 6.55. The maximum Gasteiger partial charge on any atom is 0.408 e. The van der Waals surface area contributed by atoms with Gasteiger partial charge in [0.1, 0.15) is 34.5 Å². The Morgan fingerprint density at radius 3 is 2.33 bits per heavy atom. The van der Waals surface area contributed by atoms with Crippen molar-refractivity contribution in [1.82, 2.24) is 20.3 Å². The molecule has 0 saturated carbocycles. The maximum atomic E-state index is 13.3. The number of aromatic nitrogens is 3. The van der Waals surface area contributed by atoms with E-state index in [0.29, 0.717) is 23.0 Å². The van der Waals surface area contributed by atoms with Gasteiger partial charge in [0.15, 0.2) is 0 Å². The van der Waals surface area contributed by atoms with Crippen LogP contribution in [0.15, 0.2) is 72.9 Å². The van der Waals surface area contributed by atoms with Crippen LogP contribution < -0.4 is 16.0 Å². The molecule has 0 aliphatic heterocycles. The molecule has 2 aromatic heterocycles. The van der Waals surface area contributed by atoms with E-state index in [4.69, 9.17) is 9.47 Å². The minimum Gasteiger partial charge on any atom is -0.465 e.